The number of hydrogen-bond acceptors (Lipinski definition) is 2. The van der Waals surface area contributed by atoms with Crippen molar-refractivity contribution in [3.05, 3.63) is 29.6 Å². The first-order valence-electron chi connectivity index (χ1n) is 3.06. The minimum atomic E-state index is -0.517. The molecule has 0 unspecified atom stereocenters. The molecule has 1 aromatic carbocycles. The van der Waals surface area contributed by atoms with Crippen molar-refractivity contribution in [3.63, 3.8) is 0 Å². The fraction of sp³-hybridized carbons (Fsp3) is 0.125. The Kier molecular flexibility index (Phi) is 2.07. The van der Waals surface area contributed by atoms with Gasteiger partial charge in [-0.1, -0.05) is 6.07 Å². The summed E-state index contributed by atoms with van der Waals surface area (Å²) in [6.07, 6.45) is 1.41. The zero-order chi connectivity index (χ0) is 8.27. The van der Waals surface area contributed by atoms with Crippen LogP contribution in [-0.2, 0) is 0 Å². The molecule has 0 aliphatic rings. The van der Waals surface area contributed by atoms with Crippen LogP contribution in [0.3, 0.4) is 0 Å². The molecule has 0 atom stereocenters. The van der Waals surface area contributed by atoms with E-state index in [9.17, 15) is 4.39 Å². The third kappa shape index (κ3) is 1.68. The van der Waals surface area contributed by atoms with Gasteiger partial charge in [-0.25, -0.2) is 4.39 Å². The van der Waals surface area contributed by atoms with E-state index in [1.165, 1.54) is 18.4 Å². The van der Waals surface area contributed by atoms with E-state index in [1.54, 1.807) is 13.0 Å². The van der Waals surface area contributed by atoms with Crippen molar-refractivity contribution < 1.29 is 9.13 Å². The van der Waals surface area contributed by atoms with Crippen LogP contribution in [0.15, 0.2) is 18.2 Å². The highest BCUT2D eigenvalue weighted by Crippen LogP contribution is 2.17. The molecule has 1 rings (SSSR count). The maximum absolute atomic E-state index is 12.7. The minimum Gasteiger partial charge on any atom is -0.385 e. The Morgan fingerprint density at radius 1 is 1.55 bits per heavy atom. The molecule has 2 nitrogen and oxygen atoms in total. The summed E-state index contributed by atoms with van der Waals surface area (Å²) in [5.41, 5.74) is 0.858. The van der Waals surface area contributed by atoms with Gasteiger partial charge in [-0.05, 0) is 24.6 Å². The Bertz CT molecular complexity index is 303. The fourth-order valence-electron chi connectivity index (χ4n) is 0.738. The van der Waals surface area contributed by atoms with Crippen molar-refractivity contribution in [2.75, 3.05) is 0 Å². The van der Waals surface area contributed by atoms with Crippen LogP contribution in [0.2, 0.25) is 0 Å². The van der Waals surface area contributed by atoms with Crippen molar-refractivity contribution in [2.45, 2.75) is 6.92 Å². The predicted molar refractivity (Wildman–Crippen MR) is 37.4 cm³/mol. The van der Waals surface area contributed by atoms with E-state index in [0.29, 0.717) is 0 Å². The first-order valence-corrected chi connectivity index (χ1v) is 3.06. The summed E-state index contributed by atoms with van der Waals surface area (Å²) >= 11 is 0. The van der Waals surface area contributed by atoms with Gasteiger partial charge in [0, 0.05) is 0 Å². The van der Waals surface area contributed by atoms with Crippen LogP contribution < -0.4 is 4.74 Å². The van der Waals surface area contributed by atoms with E-state index in [2.05, 4.69) is 4.74 Å². The molecule has 0 spiro atoms. The number of nitriles is 1. The molecule has 0 heterocycles. The predicted octanol–water partition coefficient (Wildman–Crippen LogP) is 1.99. The van der Waals surface area contributed by atoms with Gasteiger partial charge in [-0.2, -0.15) is 0 Å². The maximum Gasteiger partial charge on any atom is 0.292 e. The van der Waals surface area contributed by atoms with E-state index in [4.69, 9.17) is 5.26 Å². The van der Waals surface area contributed by atoms with Crippen LogP contribution in [0.1, 0.15) is 5.56 Å². The van der Waals surface area contributed by atoms with Crippen molar-refractivity contribution in [1.82, 2.24) is 0 Å². The second kappa shape index (κ2) is 3.02. The Labute approximate surface area is 63.8 Å². The van der Waals surface area contributed by atoms with Gasteiger partial charge in [0.15, 0.2) is 11.6 Å². The Hall–Kier alpha value is -1.56. The Morgan fingerprint density at radius 3 is 2.91 bits per heavy atom. The number of ether oxygens (including phenoxy) is 1. The molecular formula is C8H6FNO. The molecule has 11 heavy (non-hydrogen) atoms. The van der Waals surface area contributed by atoms with Crippen LogP contribution in [0, 0.1) is 24.3 Å². The van der Waals surface area contributed by atoms with E-state index in [-0.39, 0.29) is 5.75 Å². The van der Waals surface area contributed by atoms with Crippen LogP contribution in [0.25, 0.3) is 0 Å². The molecule has 0 aliphatic heterocycles. The lowest BCUT2D eigenvalue weighted by Gasteiger charge is -1.98. The van der Waals surface area contributed by atoms with Crippen LogP contribution in [0.4, 0.5) is 4.39 Å². The number of nitrogens with zero attached hydrogens (tertiary/aromatic N) is 1. The molecule has 0 aliphatic carbocycles. The molecule has 0 saturated heterocycles. The zero-order valence-corrected chi connectivity index (χ0v) is 5.97. The normalized spacial score (nSPS) is 8.82. The quantitative estimate of drug-likeness (QED) is 0.575. The van der Waals surface area contributed by atoms with Crippen LogP contribution in [0.5, 0.6) is 5.75 Å². The lowest BCUT2D eigenvalue weighted by molar-refractivity contribution is 0.460. The first-order chi connectivity index (χ1) is 5.24. The highest BCUT2D eigenvalue weighted by Gasteiger charge is 2.01. The number of rotatable bonds is 1. The third-order valence-electron chi connectivity index (χ3n) is 1.24. The van der Waals surface area contributed by atoms with Crippen molar-refractivity contribution >= 4 is 0 Å². The van der Waals surface area contributed by atoms with E-state index in [0.717, 1.165) is 5.56 Å². The average molecular weight is 151 g/mol. The maximum atomic E-state index is 12.7. The van der Waals surface area contributed by atoms with Gasteiger partial charge >= 0.3 is 0 Å². The standard InChI is InChI=1S/C8H6FNO/c1-6-2-3-7(9)8(4-6)11-5-10/h2-4H,1H3. The van der Waals surface area contributed by atoms with Gasteiger partial charge in [0.25, 0.3) is 6.26 Å². The van der Waals surface area contributed by atoms with Crippen molar-refractivity contribution in [3.8, 4) is 12.0 Å². The van der Waals surface area contributed by atoms with Gasteiger partial charge < -0.3 is 4.74 Å². The Balaban J connectivity index is 3.05. The molecule has 0 radical (unpaired) electrons. The number of hydrogen-bond donors (Lipinski definition) is 0. The van der Waals surface area contributed by atoms with E-state index < -0.39 is 5.82 Å². The highest BCUT2D eigenvalue weighted by atomic mass is 19.1. The molecule has 0 aromatic heterocycles. The number of benzene rings is 1. The molecular weight excluding hydrogens is 145 g/mol. The summed E-state index contributed by atoms with van der Waals surface area (Å²) in [5.74, 6) is -0.537. The lowest BCUT2D eigenvalue weighted by Crippen LogP contribution is -1.87. The average Bonchev–Trinajstić information content (AvgIpc) is 1.98. The summed E-state index contributed by atoms with van der Waals surface area (Å²) in [6.45, 7) is 1.80. The van der Waals surface area contributed by atoms with Crippen LogP contribution in [-0.4, -0.2) is 0 Å². The monoisotopic (exact) mass is 151 g/mol. The molecule has 0 N–H and O–H groups in total. The topological polar surface area (TPSA) is 33.0 Å². The van der Waals surface area contributed by atoms with Gasteiger partial charge in [0.2, 0.25) is 0 Å². The van der Waals surface area contributed by atoms with Crippen LogP contribution >= 0.6 is 0 Å². The summed E-state index contributed by atoms with van der Waals surface area (Å²) in [7, 11) is 0. The fourth-order valence-corrected chi connectivity index (χ4v) is 0.738. The molecule has 1 aromatic rings. The molecule has 0 amide bonds. The molecule has 3 heteroatoms. The number of halogens is 1. The molecule has 0 bridgehead atoms. The van der Waals surface area contributed by atoms with Crippen molar-refractivity contribution in [1.29, 1.82) is 5.26 Å². The second-order valence-corrected chi connectivity index (χ2v) is 2.13. The SMILES string of the molecule is Cc1ccc(F)c(OC#N)c1. The number of aryl methyl sites for hydroxylation is 1. The summed E-state index contributed by atoms with van der Waals surface area (Å²) in [5, 5.41) is 8.10. The lowest BCUT2D eigenvalue weighted by atomic mass is 10.2. The van der Waals surface area contributed by atoms with Gasteiger partial charge in [0.05, 0.1) is 0 Å². The van der Waals surface area contributed by atoms with E-state index >= 15 is 0 Å². The zero-order valence-electron chi connectivity index (χ0n) is 5.97. The summed E-state index contributed by atoms with van der Waals surface area (Å²) in [6, 6.07) is 4.35. The Morgan fingerprint density at radius 2 is 2.27 bits per heavy atom. The molecule has 0 fully saturated rings. The smallest absolute Gasteiger partial charge is 0.292 e. The largest absolute Gasteiger partial charge is 0.385 e. The highest BCUT2D eigenvalue weighted by molar-refractivity contribution is 5.30. The third-order valence-corrected chi connectivity index (χ3v) is 1.24. The van der Waals surface area contributed by atoms with E-state index in [1.807, 2.05) is 0 Å². The summed E-state index contributed by atoms with van der Waals surface area (Å²) in [4.78, 5) is 0. The summed E-state index contributed by atoms with van der Waals surface area (Å²) < 4.78 is 17.0. The van der Waals surface area contributed by atoms with Gasteiger partial charge in [0.1, 0.15) is 0 Å². The van der Waals surface area contributed by atoms with Gasteiger partial charge in [-0.3, -0.25) is 0 Å². The molecule has 56 valence electrons. The minimum absolute atomic E-state index is 0.0208. The second-order valence-electron chi connectivity index (χ2n) is 2.13. The van der Waals surface area contributed by atoms with Crippen molar-refractivity contribution in [2.24, 2.45) is 0 Å². The first kappa shape index (κ1) is 7.55. The van der Waals surface area contributed by atoms with Gasteiger partial charge in [-0.15, -0.1) is 5.26 Å². The molecule has 0 saturated carbocycles.